The first kappa shape index (κ1) is 14.6. The van der Waals surface area contributed by atoms with Crippen LogP contribution in [0.1, 0.15) is 56.3 Å². The normalized spacial score (nSPS) is 31.8. The number of carbonyl (C=O) groups is 1. The molecule has 0 unspecified atom stereocenters. The highest BCUT2D eigenvalue weighted by Gasteiger charge is 2.48. The first-order valence-corrected chi connectivity index (χ1v) is 7.70. The highest BCUT2D eigenvalue weighted by atomic mass is 16.5. The molecule has 21 heavy (non-hydrogen) atoms. The zero-order valence-corrected chi connectivity index (χ0v) is 13.3. The summed E-state index contributed by atoms with van der Waals surface area (Å²) in [6, 6.07) is 0. The molecule has 1 amide bonds. The summed E-state index contributed by atoms with van der Waals surface area (Å²) in [5.41, 5.74) is 0.489. The van der Waals surface area contributed by atoms with Crippen molar-refractivity contribution in [2.45, 2.75) is 58.2 Å². The van der Waals surface area contributed by atoms with Crippen LogP contribution in [0, 0.1) is 12.8 Å². The van der Waals surface area contributed by atoms with Crippen LogP contribution in [0.3, 0.4) is 0 Å². The zero-order chi connectivity index (χ0) is 15.3. The van der Waals surface area contributed by atoms with Crippen LogP contribution in [0.15, 0.2) is 10.8 Å². The van der Waals surface area contributed by atoms with E-state index in [4.69, 9.17) is 9.15 Å². The summed E-state index contributed by atoms with van der Waals surface area (Å²) in [6.45, 7) is 9.76. The maximum atomic E-state index is 12.5. The summed E-state index contributed by atoms with van der Waals surface area (Å²) >= 11 is 0. The fourth-order valence-corrected chi connectivity index (χ4v) is 3.68. The predicted octanol–water partition coefficient (Wildman–Crippen LogP) is 2.79. The Morgan fingerprint density at radius 1 is 1.38 bits per heavy atom. The van der Waals surface area contributed by atoms with Gasteiger partial charge in [-0.05, 0) is 47.0 Å². The van der Waals surface area contributed by atoms with E-state index in [1.54, 1.807) is 6.92 Å². The first-order chi connectivity index (χ1) is 9.81. The number of aryl methyl sites for hydroxylation is 1. The standard InChI is InChI=1S/C16H24N2O3/c1-11-13(20-10-17-11)14(19)18-8-7-16(4)12(9-18)5-6-15(2,3)21-16/h10,12H,5-9H2,1-4H3/t12-,16+/m0/s1. The molecule has 5 heteroatoms. The number of likely N-dealkylation sites (tertiary alicyclic amines) is 1. The van der Waals surface area contributed by atoms with Crippen LogP contribution in [0.4, 0.5) is 0 Å². The average molecular weight is 292 g/mol. The Hall–Kier alpha value is -1.36. The Kier molecular flexibility index (Phi) is 3.35. The van der Waals surface area contributed by atoms with Crippen molar-refractivity contribution in [3.8, 4) is 0 Å². The molecule has 0 bridgehead atoms. The topological polar surface area (TPSA) is 55.6 Å². The minimum atomic E-state index is -0.116. The van der Waals surface area contributed by atoms with Gasteiger partial charge in [0.25, 0.3) is 5.91 Å². The number of hydrogen-bond donors (Lipinski definition) is 0. The third-order valence-corrected chi connectivity index (χ3v) is 5.01. The number of aromatic nitrogens is 1. The van der Waals surface area contributed by atoms with E-state index in [2.05, 4.69) is 25.8 Å². The quantitative estimate of drug-likeness (QED) is 0.798. The number of fused-ring (bicyclic) bond motifs is 1. The molecule has 2 aliphatic rings. The lowest BCUT2D eigenvalue weighted by atomic mass is 9.74. The highest BCUT2D eigenvalue weighted by molar-refractivity contribution is 5.92. The van der Waals surface area contributed by atoms with Crippen molar-refractivity contribution >= 4 is 5.91 Å². The van der Waals surface area contributed by atoms with Gasteiger partial charge >= 0.3 is 0 Å². The number of carbonyl (C=O) groups excluding carboxylic acids is 1. The average Bonchev–Trinajstić information content (AvgIpc) is 2.82. The van der Waals surface area contributed by atoms with Crippen LogP contribution >= 0.6 is 0 Å². The third kappa shape index (κ3) is 2.59. The second-order valence-corrected chi connectivity index (χ2v) is 7.18. The number of nitrogens with zero attached hydrogens (tertiary/aromatic N) is 2. The van der Waals surface area contributed by atoms with Gasteiger partial charge < -0.3 is 14.1 Å². The summed E-state index contributed by atoms with van der Waals surface area (Å²) in [6.07, 6.45) is 4.35. The lowest BCUT2D eigenvalue weighted by Crippen LogP contribution is -2.58. The minimum Gasteiger partial charge on any atom is -0.438 e. The van der Waals surface area contributed by atoms with Crippen LogP contribution in [-0.2, 0) is 4.74 Å². The number of ether oxygens (including phenoxy) is 1. The minimum absolute atomic E-state index is 0.0446. The van der Waals surface area contributed by atoms with Crippen LogP contribution in [-0.4, -0.2) is 40.1 Å². The Balaban J connectivity index is 1.74. The van der Waals surface area contributed by atoms with Crippen molar-refractivity contribution in [1.29, 1.82) is 0 Å². The summed E-state index contributed by atoms with van der Waals surface area (Å²) < 4.78 is 11.6. The molecular weight excluding hydrogens is 268 g/mol. The van der Waals surface area contributed by atoms with E-state index in [-0.39, 0.29) is 17.1 Å². The second kappa shape index (κ2) is 4.83. The van der Waals surface area contributed by atoms with E-state index in [1.165, 1.54) is 6.39 Å². The molecule has 2 saturated heterocycles. The predicted molar refractivity (Wildman–Crippen MR) is 78.1 cm³/mol. The molecule has 2 aliphatic heterocycles. The van der Waals surface area contributed by atoms with Gasteiger partial charge in [0.1, 0.15) is 0 Å². The SMILES string of the molecule is Cc1ncoc1C(=O)N1CC[C@@]2(C)OC(C)(C)CC[C@H]2C1. The molecule has 0 aromatic carbocycles. The van der Waals surface area contributed by atoms with Gasteiger partial charge in [-0.25, -0.2) is 4.98 Å². The Bertz CT molecular complexity index is 551. The zero-order valence-electron chi connectivity index (χ0n) is 13.3. The maximum Gasteiger partial charge on any atom is 0.291 e. The maximum absolute atomic E-state index is 12.5. The molecule has 1 aromatic heterocycles. The van der Waals surface area contributed by atoms with Gasteiger partial charge in [-0.2, -0.15) is 0 Å². The lowest BCUT2D eigenvalue weighted by molar-refractivity contribution is -0.210. The highest BCUT2D eigenvalue weighted by Crippen LogP contribution is 2.44. The van der Waals surface area contributed by atoms with Gasteiger partial charge in [0, 0.05) is 19.0 Å². The molecule has 2 fully saturated rings. The smallest absolute Gasteiger partial charge is 0.291 e. The van der Waals surface area contributed by atoms with E-state index in [1.807, 2.05) is 4.90 Å². The summed E-state index contributed by atoms with van der Waals surface area (Å²) in [5, 5.41) is 0. The molecule has 1 aromatic rings. The van der Waals surface area contributed by atoms with Crippen molar-refractivity contribution < 1.29 is 13.9 Å². The number of rotatable bonds is 1. The summed E-state index contributed by atoms with van der Waals surface area (Å²) in [5.74, 6) is 0.721. The Labute approximate surface area is 125 Å². The van der Waals surface area contributed by atoms with Crippen LogP contribution in [0.25, 0.3) is 0 Å². The number of piperidine rings is 1. The van der Waals surface area contributed by atoms with E-state index < -0.39 is 0 Å². The van der Waals surface area contributed by atoms with Crippen LogP contribution < -0.4 is 0 Å². The summed E-state index contributed by atoms with van der Waals surface area (Å²) in [4.78, 5) is 18.4. The molecule has 116 valence electrons. The van der Waals surface area contributed by atoms with E-state index >= 15 is 0 Å². The molecule has 0 N–H and O–H groups in total. The fraction of sp³-hybridized carbons (Fsp3) is 0.750. The largest absolute Gasteiger partial charge is 0.438 e. The lowest BCUT2D eigenvalue weighted by Gasteiger charge is -2.53. The van der Waals surface area contributed by atoms with Crippen LogP contribution in [0.2, 0.25) is 0 Å². The van der Waals surface area contributed by atoms with Crippen LogP contribution in [0.5, 0.6) is 0 Å². The number of oxazole rings is 1. The molecule has 0 aliphatic carbocycles. The van der Waals surface area contributed by atoms with Gasteiger partial charge in [-0.3, -0.25) is 4.79 Å². The van der Waals surface area contributed by atoms with Crippen molar-refractivity contribution in [3.63, 3.8) is 0 Å². The molecule has 0 radical (unpaired) electrons. The van der Waals surface area contributed by atoms with Gasteiger partial charge in [0.15, 0.2) is 6.39 Å². The number of hydrogen-bond acceptors (Lipinski definition) is 4. The Morgan fingerprint density at radius 2 is 2.14 bits per heavy atom. The number of amides is 1. The van der Waals surface area contributed by atoms with E-state index in [9.17, 15) is 4.79 Å². The molecule has 3 rings (SSSR count). The van der Waals surface area contributed by atoms with Gasteiger partial charge in [-0.15, -0.1) is 0 Å². The monoisotopic (exact) mass is 292 g/mol. The van der Waals surface area contributed by atoms with Gasteiger partial charge in [0.2, 0.25) is 5.76 Å². The Morgan fingerprint density at radius 3 is 2.81 bits per heavy atom. The molecule has 5 nitrogen and oxygen atoms in total. The second-order valence-electron chi connectivity index (χ2n) is 7.18. The van der Waals surface area contributed by atoms with E-state index in [0.717, 1.165) is 25.8 Å². The molecule has 3 heterocycles. The van der Waals surface area contributed by atoms with Crippen molar-refractivity contribution in [3.05, 3.63) is 17.8 Å². The fourth-order valence-electron chi connectivity index (χ4n) is 3.68. The van der Waals surface area contributed by atoms with Crippen molar-refractivity contribution in [2.24, 2.45) is 5.92 Å². The van der Waals surface area contributed by atoms with Crippen molar-refractivity contribution in [2.75, 3.05) is 13.1 Å². The third-order valence-electron chi connectivity index (χ3n) is 5.01. The van der Waals surface area contributed by atoms with E-state index in [0.29, 0.717) is 23.9 Å². The molecular formula is C16H24N2O3. The van der Waals surface area contributed by atoms with Gasteiger partial charge in [-0.1, -0.05) is 0 Å². The summed E-state index contributed by atoms with van der Waals surface area (Å²) in [7, 11) is 0. The molecule has 0 spiro atoms. The van der Waals surface area contributed by atoms with Gasteiger partial charge in [0.05, 0.1) is 16.9 Å². The first-order valence-electron chi connectivity index (χ1n) is 7.70. The molecule has 0 saturated carbocycles. The van der Waals surface area contributed by atoms with Crippen molar-refractivity contribution in [1.82, 2.24) is 9.88 Å². The molecule has 2 atom stereocenters.